The van der Waals surface area contributed by atoms with Gasteiger partial charge >= 0.3 is 0 Å². The van der Waals surface area contributed by atoms with Gasteiger partial charge in [0.25, 0.3) is 0 Å². The molecule has 13 rings (SSSR count). The van der Waals surface area contributed by atoms with E-state index >= 15 is 0 Å². The van der Waals surface area contributed by atoms with Gasteiger partial charge in [0, 0.05) is 48.9 Å². The molecule has 0 saturated heterocycles. The van der Waals surface area contributed by atoms with Crippen LogP contribution in [0.2, 0.25) is 0 Å². The van der Waals surface area contributed by atoms with Crippen LogP contribution in [0.4, 0.5) is 28.4 Å². The summed E-state index contributed by atoms with van der Waals surface area (Å²) >= 11 is 1.97. The van der Waals surface area contributed by atoms with Crippen molar-refractivity contribution in [3.63, 3.8) is 0 Å². The number of furan rings is 1. The molecule has 5 heteroatoms. The van der Waals surface area contributed by atoms with Crippen LogP contribution in [0, 0.1) is 6.92 Å². The number of fused-ring (bicyclic) bond motifs is 12. The Bertz CT molecular complexity index is 3790. The first-order chi connectivity index (χ1) is 32.6. The molecule has 1 radical (unpaired) electrons. The molecule has 10 aromatic rings. The molecule has 3 nitrogen and oxygen atoms in total. The largest absolute Gasteiger partial charge is 0.454 e. The van der Waals surface area contributed by atoms with Gasteiger partial charge in [-0.05, 0) is 157 Å². The highest BCUT2D eigenvalue weighted by Crippen LogP contribution is 2.55. The van der Waals surface area contributed by atoms with Gasteiger partial charge in [-0.25, -0.2) is 0 Å². The summed E-state index contributed by atoms with van der Waals surface area (Å²) in [7, 11) is 2.55. The number of hydrogen-bond acceptors (Lipinski definition) is 4. The molecule has 2 aromatic heterocycles. The summed E-state index contributed by atoms with van der Waals surface area (Å²) in [5, 5.41) is 12.5. The Morgan fingerprint density at radius 2 is 1.13 bits per heavy atom. The number of para-hydroxylation sites is 2. The lowest BCUT2D eigenvalue weighted by Gasteiger charge is -2.44. The van der Waals surface area contributed by atoms with Crippen LogP contribution in [0.3, 0.4) is 0 Å². The van der Waals surface area contributed by atoms with Crippen LogP contribution in [0.5, 0.6) is 0 Å². The number of rotatable bonds is 4. The van der Waals surface area contributed by atoms with Gasteiger partial charge in [-0.15, -0.1) is 11.3 Å². The Balaban J connectivity index is 1.13. The van der Waals surface area contributed by atoms with E-state index in [9.17, 15) is 0 Å². The van der Waals surface area contributed by atoms with Crippen molar-refractivity contribution in [3.8, 4) is 11.1 Å². The molecule has 2 aliphatic carbocycles. The van der Waals surface area contributed by atoms with Gasteiger partial charge in [-0.3, -0.25) is 0 Å². The molecule has 1 N–H and O–H groups in total. The fraction of sp³-hybridized carbons (Fsp3) is 0.270. The van der Waals surface area contributed by atoms with Crippen molar-refractivity contribution >= 4 is 111 Å². The highest BCUT2D eigenvalue weighted by Gasteiger charge is 2.42. The van der Waals surface area contributed by atoms with Crippen LogP contribution in [-0.4, -0.2) is 7.28 Å². The molecule has 0 bridgehead atoms. The topological polar surface area (TPSA) is 28.4 Å². The summed E-state index contributed by atoms with van der Waals surface area (Å²) in [6.45, 7) is 22.0. The molecule has 0 unspecified atom stereocenters. The fourth-order valence-corrected chi connectivity index (χ4v) is 13.7. The third kappa shape index (κ3) is 6.10. The third-order valence-corrected chi connectivity index (χ3v) is 17.8. The van der Waals surface area contributed by atoms with E-state index in [1.165, 1.54) is 117 Å². The lowest BCUT2D eigenvalue weighted by Crippen LogP contribution is -2.40. The van der Waals surface area contributed by atoms with Crippen LogP contribution in [0.1, 0.15) is 109 Å². The minimum absolute atomic E-state index is 0.0441. The molecule has 0 amide bonds. The van der Waals surface area contributed by atoms with Crippen molar-refractivity contribution in [2.45, 2.75) is 110 Å². The zero-order valence-electron chi connectivity index (χ0n) is 40.9. The van der Waals surface area contributed by atoms with E-state index in [1.807, 2.05) is 17.4 Å². The molecule has 0 fully saturated rings. The Morgan fingerprint density at radius 3 is 1.87 bits per heavy atom. The first-order valence-electron chi connectivity index (χ1n) is 24.8. The molecule has 0 saturated carbocycles. The average molecular weight is 902 g/mol. The van der Waals surface area contributed by atoms with E-state index in [1.54, 1.807) is 0 Å². The second kappa shape index (κ2) is 14.4. The Hall–Kier alpha value is -6.30. The van der Waals surface area contributed by atoms with Crippen molar-refractivity contribution in [2.24, 2.45) is 0 Å². The van der Waals surface area contributed by atoms with E-state index in [0.717, 1.165) is 39.7 Å². The summed E-state index contributed by atoms with van der Waals surface area (Å²) in [5.41, 5.74) is 18.9. The second-order valence-corrected chi connectivity index (χ2v) is 24.0. The van der Waals surface area contributed by atoms with Crippen LogP contribution < -0.4 is 20.5 Å². The number of hydrogen-bond donors (Lipinski definition) is 1. The molecule has 3 aliphatic rings. The lowest BCUT2D eigenvalue weighted by molar-refractivity contribution is 0.332. The second-order valence-electron chi connectivity index (χ2n) is 22.9. The molecule has 68 heavy (non-hydrogen) atoms. The molecule has 8 aromatic carbocycles. The maximum Gasteiger partial charge on any atom is 0.211 e. The zero-order valence-corrected chi connectivity index (χ0v) is 41.7. The van der Waals surface area contributed by atoms with Crippen molar-refractivity contribution in [1.29, 1.82) is 0 Å². The standard InChI is InChI=1S/C63H58BN2OS/c1-36-31-45-47(62(6,7)29-27-60(45,2)3)34-51(36)66-56-40-20-13-11-18-38(40)32-44(55(56)64-59-57(66)43-33-46-48(35-53(43)68-59)63(8,9)30-28-61(46,4)5)54-39-19-12-10-17-37(39)25-26-49(54)65-50-23-16-22-42-41-21-14-15-24-52(41)67-58(42)50/h10-26,31-35,65H,27-30H2,1-9H3. The summed E-state index contributed by atoms with van der Waals surface area (Å²) < 4.78 is 9.30. The van der Waals surface area contributed by atoms with Crippen molar-refractivity contribution in [3.05, 3.63) is 161 Å². The fourth-order valence-electron chi connectivity index (χ4n) is 12.5. The quantitative estimate of drug-likeness (QED) is 0.178. The van der Waals surface area contributed by atoms with Crippen molar-refractivity contribution in [1.82, 2.24) is 0 Å². The van der Waals surface area contributed by atoms with Gasteiger partial charge in [0.2, 0.25) is 7.28 Å². The van der Waals surface area contributed by atoms with Gasteiger partial charge in [0.15, 0.2) is 5.58 Å². The molecule has 335 valence electrons. The predicted molar refractivity (Wildman–Crippen MR) is 294 cm³/mol. The maximum atomic E-state index is 6.63. The number of anilines is 5. The highest BCUT2D eigenvalue weighted by molar-refractivity contribution is 7.29. The normalized spacial score (nSPS) is 17.5. The molecular formula is C63H58BN2OS. The molecule has 3 heterocycles. The van der Waals surface area contributed by atoms with Crippen LogP contribution in [0.15, 0.2) is 138 Å². The number of thiophene rings is 1. The van der Waals surface area contributed by atoms with Gasteiger partial charge in [-0.2, -0.15) is 0 Å². The van der Waals surface area contributed by atoms with E-state index in [-0.39, 0.29) is 21.7 Å². The minimum atomic E-state index is 0.0441. The Labute approximate surface area is 405 Å². The van der Waals surface area contributed by atoms with Gasteiger partial charge in [-0.1, -0.05) is 146 Å². The number of nitrogens with zero attached hydrogens (tertiary/aromatic N) is 1. The molecule has 0 atom stereocenters. The zero-order chi connectivity index (χ0) is 46.6. The van der Waals surface area contributed by atoms with Gasteiger partial charge in [0.05, 0.1) is 11.4 Å². The summed E-state index contributed by atoms with van der Waals surface area (Å²) in [6, 6.07) is 50.2. The third-order valence-electron chi connectivity index (χ3n) is 16.7. The predicted octanol–water partition coefficient (Wildman–Crippen LogP) is 17.0. The maximum absolute atomic E-state index is 6.63. The van der Waals surface area contributed by atoms with E-state index in [2.05, 4.69) is 207 Å². The smallest absolute Gasteiger partial charge is 0.211 e. The molecule has 1 aliphatic heterocycles. The van der Waals surface area contributed by atoms with Crippen LogP contribution >= 0.6 is 11.3 Å². The molecular weight excluding hydrogens is 844 g/mol. The summed E-state index contributed by atoms with van der Waals surface area (Å²) in [5.74, 6) is 0. The van der Waals surface area contributed by atoms with Crippen molar-refractivity contribution in [2.75, 3.05) is 10.2 Å². The first kappa shape index (κ1) is 41.9. The van der Waals surface area contributed by atoms with Gasteiger partial charge < -0.3 is 14.6 Å². The summed E-state index contributed by atoms with van der Waals surface area (Å²) in [4.78, 5) is 2.73. The SMILES string of the molecule is Cc1cc2c(cc1N1c3c(c(-c4c(Nc5cccc6c5oc5ccccc56)ccc5ccccc45)cc4ccccc34)[B]c3sc4cc5c(cc4c31)C(C)(C)CCC5(C)C)C(C)(C)CCC2(C)C. The monoisotopic (exact) mass is 901 g/mol. The van der Waals surface area contributed by atoms with Gasteiger partial charge in [0.1, 0.15) is 5.58 Å². The Morgan fingerprint density at radius 1 is 0.529 bits per heavy atom. The van der Waals surface area contributed by atoms with E-state index in [4.69, 9.17) is 4.42 Å². The summed E-state index contributed by atoms with van der Waals surface area (Å²) in [6.07, 6.45) is 4.72. The minimum Gasteiger partial charge on any atom is -0.454 e. The number of benzene rings is 8. The Kier molecular flexibility index (Phi) is 8.85. The van der Waals surface area contributed by atoms with E-state index < -0.39 is 0 Å². The van der Waals surface area contributed by atoms with Crippen molar-refractivity contribution < 1.29 is 4.42 Å². The number of aryl methyl sites for hydroxylation is 1. The first-order valence-corrected chi connectivity index (χ1v) is 25.6. The van der Waals surface area contributed by atoms with Crippen LogP contribution in [-0.2, 0) is 21.7 Å². The average Bonchev–Trinajstić information content (AvgIpc) is 3.89. The molecule has 0 spiro atoms. The van der Waals surface area contributed by atoms with E-state index in [0.29, 0.717) is 0 Å². The number of nitrogens with one attached hydrogen (secondary N) is 1. The highest BCUT2D eigenvalue weighted by atomic mass is 32.1. The lowest BCUT2D eigenvalue weighted by atomic mass is 9.60. The van der Waals surface area contributed by atoms with Crippen LogP contribution in [0.25, 0.3) is 64.7 Å².